The summed E-state index contributed by atoms with van der Waals surface area (Å²) in [5.41, 5.74) is 4.76. The molecule has 6 aromatic rings. The molecule has 5 heteroatoms. The van der Waals surface area contributed by atoms with E-state index in [0.29, 0.717) is 17.0 Å². The lowest BCUT2D eigenvalue weighted by atomic mass is 9.91. The first-order valence-corrected chi connectivity index (χ1v) is 12.6. The fourth-order valence-electron chi connectivity index (χ4n) is 4.92. The zero-order chi connectivity index (χ0) is 26.8. The lowest BCUT2D eigenvalue weighted by Crippen LogP contribution is -1.98. The summed E-state index contributed by atoms with van der Waals surface area (Å²) in [4.78, 5) is 4.88. The van der Waals surface area contributed by atoms with Crippen molar-refractivity contribution < 1.29 is 14.2 Å². The Hall–Kier alpha value is -5.16. The van der Waals surface area contributed by atoms with Crippen LogP contribution in [-0.4, -0.2) is 18.4 Å². The van der Waals surface area contributed by atoms with Crippen molar-refractivity contribution in [3.63, 3.8) is 0 Å². The summed E-state index contributed by atoms with van der Waals surface area (Å²) in [5.74, 6) is 0.204. The Morgan fingerprint density at radius 3 is 2.10 bits per heavy atom. The van der Waals surface area contributed by atoms with Crippen LogP contribution in [-0.2, 0) is 0 Å². The summed E-state index contributed by atoms with van der Waals surface area (Å²) in [7, 11) is 1.53. The average molecular weight is 513 g/mol. The monoisotopic (exact) mass is 512 g/mol. The number of ether oxygens (including phenoxy) is 1. The Labute approximate surface area is 225 Å². The largest absolute Gasteiger partial charge is 0.507 e. The molecule has 4 nitrogen and oxygen atoms in total. The predicted octanol–water partition coefficient (Wildman–Crippen LogP) is 9.01. The number of hydrogen-bond acceptors (Lipinski definition) is 4. The third-order valence-electron chi connectivity index (χ3n) is 6.80. The van der Waals surface area contributed by atoms with Gasteiger partial charge in [0.2, 0.25) is 0 Å². The van der Waals surface area contributed by atoms with Gasteiger partial charge in [-0.3, -0.25) is 4.99 Å². The third-order valence-corrected chi connectivity index (χ3v) is 6.80. The number of benzene rings is 6. The molecule has 190 valence electrons. The SMILES string of the molecule is COc1cc(F)ccc1Nc1ccc2ccccc2c1-c1c(N=Cc2ccccc2O)ccc2ccccc12. The van der Waals surface area contributed by atoms with Crippen LogP contribution in [0.15, 0.2) is 120 Å². The van der Waals surface area contributed by atoms with E-state index < -0.39 is 0 Å². The number of anilines is 2. The summed E-state index contributed by atoms with van der Waals surface area (Å²) < 4.78 is 19.4. The maximum atomic E-state index is 14.0. The molecule has 0 bridgehead atoms. The summed E-state index contributed by atoms with van der Waals surface area (Å²) in [5, 5.41) is 18.1. The van der Waals surface area contributed by atoms with E-state index in [2.05, 4.69) is 41.7 Å². The Kier molecular flexibility index (Phi) is 6.39. The van der Waals surface area contributed by atoms with E-state index in [0.717, 1.165) is 44.0 Å². The van der Waals surface area contributed by atoms with Crippen LogP contribution in [0.1, 0.15) is 5.56 Å². The zero-order valence-corrected chi connectivity index (χ0v) is 21.2. The lowest BCUT2D eigenvalue weighted by molar-refractivity contribution is 0.413. The molecule has 0 aliphatic rings. The molecule has 0 amide bonds. The summed E-state index contributed by atoms with van der Waals surface area (Å²) in [6.07, 6.45) is 1.68. The molecule has 0 radical (unpaired) electrons. The van der Waals surface area contributed by atoms with Gasteiger partial charge in [-0.15, -0.1) is 0 Å². The van der Waals surface area contributed by atoms with Gasteiger partial charge in [0.05, 0.1) is 18.5 Å². The Morgan fingerprint density at radius 2 is 1.36 bits per heavy atom. The van der Waals surface area contributed by atoms with Crippen LogP contribution < -0.4 is 10.1 Å². The van der Waals surface area contributed by atoms with Gasteiger partial charge in [-0.2, -0.15) is 0 Å². The van der Waals surface area contributed by atoms with Crippen molar-refractivity contribution in [2.45, 2.75) is 0 Å². The highest BCUT2D eigenvalue weighted by Gasteiger charge is 2.18. The maximum absolute atomic E-state index is 14.0. The van der Waals surface area contributed by atoms with Crippen LogP contribution in [0.5, 0.6) is 11.5 Å². The molecular formula is C34H25FN2O2. The van der Waals surface area contributed by atoms with Crippen molar-refractivity contribution in [2.75, 3.05) is 12.4 Å². The van der Waals surface area contributed by atoms with Crippen molar-refractivity contribution in [3.8, 4) is 22.6 Å². The first-order chi connectivity index (χ1) is 19.1. The number of para-hydroxylation sites is 1. The van der Waals surface area contributed by atoms with E-state index in [1.165, 1.54) is 19.2 Å². The molecule has 0 spiro atoms. The summed E-state index contributed by atoms with van der Waals surface area (Å²) >= 11 is 0. The second-order valence-corrected chi connectivity index (χ2v) is 9.18. The number of nitrogens with zero attached hydrogens (tertiary/aromatic N) is 1. The Morgan fingerprint density at radius 1 is 0.718 bits per heavy atom. The highest BCUT2D eigenvalue weighted by atomic mass is 19.1. The van der Waals surface area contributed by atoms with Crippen molar-refractivity contribution >= 4 is 44.8 Å². The molecule has 39 heavy (non-hydrogen) atoms. The number of fused-ring (bicyclic) bond motifs is 2. The predicted molar refractivity (Wildman–Crippen MR) is 158 cm³/mol. The van der Waals surface area contributed by atoms with E-state index in [9.17, 15) is 9.50 Å². The molecule has 0 fully saturated rings. The van der Waals surface area contributed by atoms with Crippen LogP contribution >= 0.6 is 0 Å². The number of aromatic hydroxyl groups is 1. The van der Waals surface area contributed by atoms with Gasteiger partial charge in [-0.05, 0) is 57.9 Å². The van der Waals surface area contributed by atoms with Crippen LogP contribution in [0.3, 0.4) is 0 Å². The van der Waals surface area contributed by atoms with E-state index in [4.69, 9.17) is 9.73 Å². The van der Waals surface area contributed by atoms with Gasteiger partial charge in [0.1, 0.15) is 17.3 Å². The summed E-state index contributed by atoms with van der Waals surface area (Å²) in [6, 6.07) is 36.1. The molecule has 6 aromatic carbocycles. The van der Waals surface area contributed by atoms with Gasteiger partial charge in [0.25, 0.3) is 0 Å². The minimum absolute atomic E-state index is 0.166. The fourth-order valence-corrected chi connectivity index (χ4v) is 4.92. The van der Waals surface area contributed by atoms with Gasteiger partial charge in [0.15, 0.2) is 0 Å². The lowest BCUT2D eigenvalue weighted by Gasteiger charge is -2.20. The summed E-state index contributed by atoms with van der Waals surface area (Å²) in [6.45, 7) is 0. The Bertz CT molecular complexity index is 1860. The van der Waals surface area contributed by atoms with Gasteiger partial charge in [0, 0.05) is 34.7 Å². The number of nitrogens with one attached hydrogen (secondary N) is 1. The van der Waals surface area contributed by atoms with Crippen molar-refractivity contribution in [1.82, 2.24) is 0 Å². The smallest absolute Gasteiger partial charge is 0.145 e. The van der Waals surface area contributed by atoms with Crippen LogP contribution in [0.2, 0.25) is 0 Å². The van der Waals surface area contributed by atoms with Crippen LogP contribution in [0, 0.1) is 5.82 Å². The number of aliphatic imine (C=N–C) groups is 1. The third kappa shape index (κ3) is 4.66. The number of rotatable bonds is 6. The van der Waals surface area contributed by atoms with Gasteiger partial charge in [-0.1, -0.05) is 72.8 Å². The molecule has 0 atom stereocenters. The zero-order valence-electron chi connectivity index (χ0n) is 21.2. The number of phenolic OH excluding ortho intramolecular Hbond substituents is 1. The second kappa shape index (κ2) is 10.3. The number of halogens is 1. The van der Waals surface area contributed by atoms with Crippen LogP contribution in [0.25, 0.3) is 32.7 Å². The molecule has 6 rings (SSSR count). The van der Waals surface area contributed by atoms with Crippen molar-refractivity contribution in [3.05, 3.63) is 127 Å². The standard InChI is InChI=1S/C34H25FN2O2/c1-39-32-20-25(35)16-19-28(32)37-30-18-15-23-9-3-6-12-27(23)34(30)33-26-11-5-2-8-22(26)14-17-29(33)36-21-24-10-4-7-13-31(24)38/h2-21,37-38H,1H3. The second-order valence-electron chi connectivity index (χ2n) is 9.18. The minimum atomic E-state index is -0.369. The molecule has 2 N–H and O–H groups in total. The first-order valence-electron chi connectivity index (χ1n) is 12.6. The van der Waals surface area contributed by atoms with Crippen LogP contribution in [0.4, 0.5) is 21.5 Å². The van der Waals surface area contributed by atoms with E-state index >= 15 is 0 Å². The van der Waals surface area contributed by atoms with E-state index in [-0.39, 0.29) is 11.6 Å². The number of hydrogen-bond donors (Lipinski definition) is 2. The quantitative estimate of drug-likeness (QED) is 0.219. The highest BCUT2D eigenvalue weighted by molar-refractivity contribution is 6.14. The molecule has 0 aliphatic heterocycles. The van der Waals surface area contributed by atoms with E-state index in [1.54, 1.807) is 24.4 Å². The van der Waals surface area contributed by atoms with Gasteiger partial charge >= 0.3 is 0 Å². The molecule has 0 aliphatic carbocycles. The molecular weight excluding hydrogens is 487 g/mol. The fraction of sp³-hybridized carbons (Fsp3) is 0.0294. The van der Waals surface area contributed by atoms with Crippen molar-refractivity contribution in [1.29, 1.82) is 0 Å². The van der Waals surface area contributed by atoms with Gasteiger partial charge < -0.3 is 15.2 Å². The normalized spacial score (nSPS) is 11.3. The maximum Gasteiger partial charge on any atom is 0.145 e. The van der Waals surface area contributed by atoms with E-state index in [1.807, 2.05) is 48.5 Å². The Balaban J connectivity index is 1.63. The average Bonchev–Trinajstić information content (AvgIpc) is 2.97. The van der Waals surface area contributed by atoms with Gasteiger partial charge in [-0.25, -0.2) is 4.39 Å². The topological polar surface area (TPSA) is 53.8 Å². The molecule has 0 saturated heterocycles. The molecule has 0 heterocycles. The molecule has 0 unspecified atom stereocenters. The first kappa shape index (κ1) is 24.2. The minimum Gasteiger partial charge on any atom is -0.507 e. The van der Waals surface area contributed by atoms with Crippen molar-refractivity contribution in [2.24, 2.45) is 4.99 Å². The molecule has 0 aromatic heterocycles. The molecule has 0 saturated carbocycles. The number of phenols is 1. The highest BCUT2D eigenvalue weighted by Crippen LogP contribution is 2.46. The number of methoxy groups -OCH3 is 1.